The van der Waals surface area contributed by atoms with E-state index in [0.29, 0.717) is 17.9 Å². The van der Waals surface area contributed by atoms with E-state index < -0.39 is 0 Å². The van der Waals surface area contributed by atoms with Gasteiger partial charge in [0.15, 0.2) is 0 Å². The molecule has 1 unspecified atom stereocenters. The zero-order valence-electron chi connectivity index (χ0n) is 12.9. The van der Waals surface area contributed by atoms with Crippen molar-refractivity contribution in [1.29, 1.82) is 0 Å². The van der Waals surface area contributed by atoms with Gasteiger partial charge in [0.1, 0.15) is 11.5 Å². The minimum absolute atomic E-state index is 0. The number of nitrogens with zero attached hydrogens (tertiary/aromatic N) is 1. The largest absolute Gasteiger partial charge is 0.457 e. The normalized spacial score (nSPS) is 17.3. The fraction of sp³-hybridized carbons (Fsp3) is 0.278. The number of halogens is 1. The zero-order valence-corrected chi connectivity index (χ0v) is 13.7. The number of likely N-dealkylation sites (tertiary alicyclic amines) is 1. The third kappa shape index (κ3) is 4.47. The maximum Gasteiger partial charge on any atom is 0.254 e. The fourth-order valence-electron chi connectivity index (χ4n) is 2.69. The van der Waals surface area contributed by atoms with Crippen LogP contribution in [0, 0.1) is 0 Å². The number of nitrogens with two attached hydrogens (primary N) is 1. The van der Waals surface area contributed by atoms with E-state index in [1.165, 1.54) is 0 Å². The first kappa shape index (κ1) is 17.3. The molecule has 1 amide bonds. The van der Waals surface area contributed by atoms with Gasteiger partial charge in [-0.1, -0.05) is 24.3 Å². The molecule has 4 nitrogen and oxygen atoms in total. The molecule has 122 valence electrons. The third-order valence-corrected chi connectivity index (χ3v) is 3.80. The van der Waals surface area contributed by atoms with Crippen LogP contribution >= 0.6 is 12.4 Å². The Kier molecular flexibility index (Phi) is 6.02. The van der Waals surface area contributed by atoms with Crippen molar-refractivity contribution in [3.8, 4) is 11.5 Å². The van der Waals surface area contributed by atoms with E-state index in [2.05, 4.69) is 0 Å². The summed E-state index contributed by atoms with van der Waals surface area (Å²) in [5.41, 5.74) is 6.60. The van der Waals surface area contributed by atoms with Crippen LogP contribution in [0.4, 0.5) is 0 Å². The average molecular weight is 333 g/mol. The van der Waals surface area contributed by atoms with Gasteiger partial charge in [-0.25, -0.2) is 0 Å². The van der Waals surface area contributed by atoms with Crippen molar-refractivity contribution in [3.63, 3.8) is 0 Å². The summed E-state index contributed by atoms with van der Waals surface area (Å²) in [5, 5.41) is 0. The summed E-state index contributed by atoms with van der Waals surface area (Å²) < 4.78 is 5.78. The van der Waals surface area contributed by atoms with E-state index in [1.807, 2.05) is 53.4 Å². The van der Waals surface area contributed by atoms with Crippen LogP contribution in [0.2, 0.25) is 0 Å². The number of rotatable bonds is 3. The van der Waals surface area contributed by atoms with Crippen LogP contribution in [0.5, 0.6) is 11.5 Å². The third-order valence-electron chi connectivity index (χ3n) is 3.80. The van der Waals surface area contributed by atoms with Crippen LogP contribution < -0.4 is 10.5 Å². The molecule has 2 N–H and O–H groups in total. The Morgan fingerprint density at radius 3 is 2.57 bits per heavy atom. The minimum Gasteiger partial charge on any atom is -0.457 e. The second-order valence-electron chi connectivity index (χ2n) is 5.60. The summed E-state index contributed by atoms with van der Waals surface area (Å²) in [6.07, 6.45) is 1.95. The van der Waals surface area contributed by atoms with Crippen molar-refractivity contribution >= 4 is 18.3 Å². The Balaban J connectivity index is 0.00000192. The number of carbonyl (C=O) groups excluding carboxylic acids is 1. The van der Waals surface area contributed by atoms with Gasteiger partial charge in [-0.15, -0.1) is 12.4 Å². The molecule has 23 heavy (non-hydrogen) atoms. The van der Waals surface area contributed by atoms with Crippen molar-refractivity contribution in [1.82, 2.24) is 4.90 Å². The first-order valence-corrected chi connectivity index (χ1v) is 7.60. The van der Waals surface area contributed by atoms with E-state index >= 15 is 0 Å². The van der Waals surface area contributed by atoms with Crippen molar-refractivity contribution < 1.29 is 9.53 Å². The van der Waals surface area contributed by atoms with Gasteiger partial charge in [0.2, 0.25) is 0 Å². The predicted molar refractivity (Wildman–Crippen MR) is 93.3 cm³/mol. The molecule has 2 aromatic carbocycles. The second-order valence-corrected chi connectivity index (χ2v) is 5.60. The highest BCUT2D eigenvalue weighted by atomic mass is 35.5. The molecule has 1 aliphatic heterocycles. The number of piperidine rings is 1. The summed E-state index contributed by atoms with van der Waals surface area (Å²) >= 11 is 0. The molecule has 0 aliphatic carbocycles. The van der Waals surface area contributed by atoms with Crippen molar-refractivity contribution in [2.45, 2.75) is 18.9 Å². The van der Waals surface area contributed by atoms with Crippen LogP contribution in [0.25, 0.3) is 0 Å². The Morgan fingerprint density at radius 2 is 1.83 bits per heavy atom. The molecule has 1 atom stereocenters. The van der Waals surface area contributed by atoms with Gasteiger partial charge in [0.05, 0.1) is 0 Å². The molecule has 1 fully saturated rings. The van der Waals surface area contributed by atoms with Crippen LogP contribution in [-0.2, 0) is 0 Å². The first-order valence-electron chi connectivity index (χ1n) is 7.60. The molecule has 1 aliphatic rings. The molecular formula is C18H21ClN2O2. The van der Waals surface area contributed by atoms with Gasteiger partial charge in [-0.2, -0.15) is 0 Å². The number of hydrogen-bond donors (Lipinski definition) is 1. The van der Waals surface area contributed by atoms with Crippen LogP contribution in [-0.4, -0.2) is 29.9 Å². The molecule has 0 spiro atoms. The van der Waals surface area contributed by atoms with E-state index in [4.69, 9.17) is 10.5 Å². The molecule has 1 heterocycles. The molecule has 5 heteroatoms. The number of para-hydroxylation sites is 1. The van der Waals surface area contributed by atoms with Crippen LogP contribution in [0.3, 0.4) is 0 Å². The van der Waals surface area contributed by atoms with Gasteiger partial charge >= 0.3 is 0 Å². The van der Waals surface area contributed by atoms with Crippen LogP contribution in [0.15, 0.2) is 54.6 Å². The molecule has 0 bridgehead atoms. The monoisotopic (exact) mass is 332 g/mol. The van der Waals surface area contributed by atoms with Crippen molar-refractivity contribution in [2.24, 2.45) is 5.73 Å². The lowest BCUT2D eigenvalue weighted by Crippen LogP contribution is -2.45. The number of hydrogen-bond acceptors (Lipinski definition) is 3. The smallest absolute Gasteiger partial charge is 0.254 e. The standard InChI is InChI=1S/C18H20N2O2.ClH/c19-15-7-5-11-20(13-15)18(21)14-6-4-10-17(12-14)22-16-8-2-1-3-9-16;/h1-4,6,8-10,12,15H,5,7,11,13,19H2;1H. The minimum atomic E-state index is 0. The second kappa shape index (κ2) is 7.99. The summed E-state index contributed by atoms with van der Waals surface area (Å²) in [4.78, 5) is 14.4. The van der Waals surface area contributed by atoms with E-state index in [1.54, 1.807) is 6.07 Å². The fourth-order valence-corrected chi connectivity index (χ4v) is 2.69. The maximum absolute atomic E-state index is 12.6. The highest BCUT2D eigenvalue weighted by Crippen LogP contribution is 2.23. The van der Waals surface area contributed by atoms with E-state index in [0.717, 1.165) is 25.1 Å². The quantitative estimate of drug-likeness (QED) is 0.936. The Labute approximate surface area is 142 Å². The molecule has 2 aromatic rings. The van der Waals surface area contributed by atoms with Crippen molar-refractivity contribution in [3.05, 3.63) is 60.2 Å². The number of benzene rings is 2. The predicted octanol–water partition coefficient (Wildman–Crippen LogP) is 3.46. The number of carbonyl (C=O) groups is 1. The molecule has 0 radical (unpaired) electrons. The summed E-state index contributed by atoms with van der Waals surface area (Å²) in [7, 11) is 0. The Morgan fingerprint density at radius 1 is 1.09 bits per heavy atom. The summed E-state index contributed by atoms with van der Waals surface area (Å²) in [6, 6.07) is 16.9. The highest BCUT2D eigenvalue weighted by Gasteiger charge is 2.22. The zero-order chi connectivity index (χ0) is 15.4. The first-order chi connectivity index (χ1) is 10.7. The van der Waals surface area contributed by atoms with Gasteiger partial charge in [0.25, 0.3) is 5.91 Å². The molecule has 3 rings (SSSR count). The number of ether oxygens (including phenoxy) is 1. The highest BCUT2D eigenvalue weighted by molar-refractivity contribution is 5.94. The van der Waals surface area contributed by atoms with E-state index in [9.17, 15) is 4.79 Å². The average Bonchev–Trinajstić information content (AvgIpc) is 2.55. The summed E-state index contributed by atoms with van der Waals surface area (Å²) in [5.74, 6) is 1.44. The van der Waals surface area contributed by atoms with E-state index in [-0.39, 0.29) is 24.4 Å². The van der Waals surface area contributed by atoms with Gasteiger partial charge < -0.3 is 15.4 Å². The van der Waals surface area contributed by atoms with Gasteiger partial charge in [-0.05, 0) is 43.2 Å². The van der Waals surface area contributed by atoms with Gasteiger partial charge in [0, 0.05) is 24.7 Å². The topological polar surface area (TPSA) is 55.6 Å². The lowest BCUT2D eigenvalue weighted by atomic mass is 10.1. The SMILES string of the molecule is Cl.NC1CCCN(C(=O)c2cccc(Oc3ccccc3)c2)C1. The molecule has 1 saturated heterocycles. The summed E-state index contributed by atoms with van der Waals surface area (Å²) in [6.45, 7) is 1.40. The molecular weight excluding hydrogens is 312 g/mol. The van der Waals surface area contributed by atoms with Crippen LogP contribution in [0.1, 0.15) is 23.2 Å². The lowest BCUT2D eigenvalue weighted by molar-refractivity contribution is 0.0708. The molecule has 0 saturated carbocycles. The van der Waals surface area contributed by atoms with Gasteiger partial charge in [-0.3, -0.25) is 4.79 Å². The Bertz CT molecular complexity index is 648. The Hall–Kier alpha value is -2.04. The van der Waals surface area contributed by atoms with Crippen molar-refractivity contribution in [2.75, 3.05) is 13.1 Å². The molecule has 0 aromatic heterocycles. The number of amides is 1. The maximum atomic E-state index is 12.6. The lowest BCUT2D eigenvalue weighted by Gasteiger charge is -2.30.